The van der Waals surface area contributed by atoms with Gasteiger partial charge in [0.05, 0.1) is 10.7 Å². The molecular formula is C15H14ClFN2O. The Hall–Kier alpha value is -2.07. The summed E-state index contributed by atoms with van der Waals surface area (Å²) in [6, 6.07) is 11.9. The molecule has 3 nitrogen and oxygen atoms in total. The topological polar surface area (TPSA) is 41.1 Å². The maximum Gasteiger partial charge on any atom is 0.251 e. The van der Waals surface area contributed by atoms with Gasteiger partial charge in [0.2, 0.25) is 0 Å². The van der Waals surface area contributed by atoms with Crippen LogP contribution in [0.15, 0.2) is 42.5 Å². The summed E-state index contributed by atoms with van der Waals surface area (Å²) in [6.07, 6.45) is 0. The first-order valence-corrected chi connectivity index (χ1v) is 6.48. The van der Waals surface area contributed by atoms with E-state index in [9.17, 15) is 9.18 Å². The Morgan fingerprint density at radius 2 is 1.90 bits per heavy atom. The van der Waals surface area contributed by atoms with Crippen molar-refractivity contribution in [3.05, 3.63) is 64.4 Å². The minimum atomic E-state index is -0.462. The number of hydrogen-bond donors (Lipinski definition) is 2. The molecule has 0 radical (unpaired) electrons. The zero-order valence-corrected chi connectivity index (χ0v) is 11.7. The highest BCUT2D eigenvalue weighted by Crippen LogP contribution is 2.22. The molecule has 0 fully saturated rings. The Labute approximate surface area is 121 Å². The standard InChI is InChI=1S/C15H14ClFN2O/c1-18-15(20)11-7-5-10(6-8-11)9-19-13-4-2-3-12(16)14(13)17/h2-8,19H,9H2,1H3,(H,18,20). The van der Waals surface area contributed by atoms with Gasteiger partial charge >= 0.3 is 0 Å². The fourth-order valence-corrected chi connectivity index (χ4v) is 1.93. The van der Waals surface area contributed by atoms with Gasteiger partial charge in [-0.2, -0.15) is 0 Å². The van der Waals surface area contributed by atoms with Crippen molar-refractivity contribution in [3.8, 4) is 0 Å². The van der Waals surface area contributed by atoms with Crippen molar-refractivity contribution in [2.24, 2.45) is 0 Å². The summed E-state index contributed by atoms with van der Waals surface area (Å²) < 4.78 is 13.7. The van der Waals surface area contributed by atoms with Crippen LogP contribution >= 0.6 is 11.6 Å². The first-order chi connectivity index (χ1) is 9.61. The van der Waals surface area contributed by atoms with Crippen LogP contribution in [0.3, 0.4) is 0 Å². The lowest BCUT2D eigenvalue weighted by Gasteiger charge is -2.09. The molecule has 0 bridgehead atoms. The maximum absolute atomic E-state index is 13.7. The van der Waals surface area contributed by atoms with E-state index in [-0.39, 0.29) is 10.9 Å². The molecule has 2 aromatic rings. The number of hydrogen-bond acceptors (Lipinski definition) is 2. The van der Waals surface area contributed by atoms with Crippen LogP contribution in [0.25, 0.3) is 0 Å². The van der Waals surface area contributed by atoms with Crippen LogP contribution < -0.4 is 10.6 Å². The molecule has 0 atom stereocenters. The molecule has 0 aliphatic heterocycles. The van der Waals surface area contributed by atoms with Gasteiger partial charge in [-0.3, -0.25) is 4.79 Å². The van der Waals surface area contributed by atoms with Crippen molar-refractivity contribution in [1.29, 1.82) is 0 Å². The fourth-order valence-electron chi connectivity index (χ4n) is 1.76. The lowest BCUT2D eigenvalue weighted by Crippen LogP contribution is -2.17. The van der Waals surface area contributed by atoms with Crippen molar-refractivity contribution in [2.45, 2.75) is 6.54 Å². The highest BCUT2D eigenvalue weighted by atomic mass is 35.5. The third kappa shape index (κ3) is 3.27. The molecule has 0 saturated heterocycles. The summed E-state index contributed by atoms with van der Waals surface area (Å²) in [5, 5.41) is 5.61. The zero-order valence-electron chi connectivity index (χ0n) is 10.9. The number of benzene rings is 2. The number of halogens is 2. The Bertz CT molecular complexity index is 614. The van der Waals surface area contributed by atoms with E-state index in [4.69, 9.17) is 11.6 Å². The van der Waals surface area contributed by atoms with E-state index in [0.717, 1.165) is 5.56 Å². The van der Waals surface area contributed by atoms with E-state index in [1.165, 1.54) is 6.07 Å². The Kier molecular flexibility index (Phi) is 4.58. The van der Waals surface area contributed by atoms with Crippen molar-refractivity contribution in [1.82, 2.24) is 5.32 Å². The van der Waals surface area contributed by atoms with Crippen LogP contribution in [0.1, 0.15) is 15.9 Å². The fraction of sp³-hybridized carbons (Fsp3) is 0.133. The number of nitrogens with one attached hydrogen (secondary N) is 2. The molecule has 0 aromatic heterocycles. The average molecular weight is 293 g/mol. The largest absolute Gasteiger partial charge is 0.379 e. The number of anilines is 1. The second kappa shape index (κ2) is 6.39. The highest BCUT2D eigenvalue weighted by molar-refractivity contribution is 6.31. The summed E-state index contributed by atoms with van der Waals surface area (Å²) in [7, 11) is 1.58. The molecule has 0 aliphatic rings. The summed E-state index contributed by atoms with van der Waals surface area (Å²) in [4.78, 5) is 11.4. The molecule has 5 heteroatoms. The normalized spacial score (nSPS) is 10.2. The Morgan fingerprint density at radius 1 is 1.20 bits per heavy atom. The summed E-state index contributed by atoms with van der Waals surface area (Å²) in [5.41, 5.74) is 1.88. The minimum Gasteiger partial charge on any atom is -0.379 e. The summed E-state index contributed by atoms with van der Waals surface area (Å²) in [5.74, 6) is -0.596. The van der Waals surface area contributed by atoms with E-state index in [0.29, 0.717) is 17.8 Å². The van der Waals surface area contributed by atoms with E-state index >= 15 is 0 Å². The summed E-state index contributed by atoms with van der Waals surface area (Å²) >= 11 is 5.71. The van der Waals surface area contributed by atoms with E-state index in [1.807, 2.05) is 12.1 Å². The van der Waals surface area contributed by atoms with Crippen LogP contribution in [0.4, 0.5) is 10.1 Å². The van der Waals surface area contributed by atoms with E-state index in [1.54, 1.807) is 31.3 Å². The number of carbonyl (C=O) groups is 1. The molecular weight excluding hydrogens is 279 g/mol. The molecule has 0 aliphatic carbocycles. The second-order valence-corrected chi connectivity index (χ2v) is 4.64. The number of amides is 1. The first kappa shape index (κ1) is 14.3. The number of carbonyl (C=O) groups excluding carboxylic acids is 1. The van der Waals surface area contributed by atoms with E-state index < -0.39 is 5.82 Å². The molecule has 1 amide bonds. The molecule has 2 rings (SSSR count). The van der Waals surface area contributed by atoms with Gasteiger partial charge in [0, 0.05) is 19.2 Å². The van der Waals surface area contributed by atoms with Crippen molar-refractivity contribution in [2.75, 3.05) is 12.4 Å². The predicted molar refractivity (Wildman–Crippen MR) is 78.6 cm³/mol. The van der Waals surface area contributed by atoms with Crippen LogP contribution in [-0.2, 0) is 6.54 Å². The van der Waals surface area contributed by atoms with Gasteiger partial charge in [-0.05, 0) is 29.8 Å². The number of rotatable bonds is 4. The lowest BCUT2D eigenvalue weighted by molar-refractivity contribution is 0.0963. The molecule has 0 unspecified atom stereocenters. The zero-order chi connectivity index (χ0) is 14.5. The minimum absolute atomic E-state index is 0.0879. The first-order valence-electron chi connectivity index (χ1n) is 6.10. The van der Waals surface area contributed by atoms with Crippen LogP contribution in [0.2, 0.25) is 5.02 Å². The van der Waals surface area contributed by atoms with Gasteiger partial charge in [-0.1, -0.05) is 29.8 Å². The third-order valence-corrected chi connectivity index (χ3v) is 3.17. The lowest BCUT2D eigenvalue weighted by atomic mass is 10.1. The third-order valence-electron chi connectivity index (χ3n) is 2.88. The van der Waals surface area contributed by atoms with Crippen molar-refractivity contribution >= 4 is 23.2 Å². The van der Waals surface area contributed by atoms with Gasteiger partial charge in [0.1, 0.15) is 0 Å². The molecule has 20 heavy (non-hydrogen) atoms. The Balaban J connectivity index is 2.04. The van der Waals surface area contributed by atoms with Gasteiger partial charge in [-0.15, -0.1) is 0 Å². The molecule has 104 valence electrons. The van der Waals surface area contributed by atoms with Gasteiger partial charge < -0.3 is 10.6 Å². The quantitative estimate of drug-likeness (QED) is 0.906. The predicted octanol–water partition coefficient (Wildman–Crippen LogP) is 3.45. The van der Waals surface area contributed by atoms with Crippen molar-refractivity contribution < 1.29 is 9.18 Å². The second-order valence-electron chi connectivity index (χ2n) is 4.23. The van der Waals surface area contributed by atoms with E-state index in [2.05, 4.69) is 10.6 Å². The van der Waals surface area contributed by atoms with Gasteiger partial charge in [0.25, 0.3) is 5.91 Å². The van der Waals surface area contributed by atoms with Crippen LogP contribution in [-0.4, -0.2) is 13.0 Å². The molecule has 2 N–H and O–H groups in total. The molecule has 2 aromatic carbocycles. The van der Waals surface area contributed by atoms with Crippen molar-refractivity contribution in [3.63, 3.8) is 0 Å². The smallest absolute Gasteiger partial charge is 0.251 e. The highest BCUT2D eigenvalue weighted by Gasteiger charge is 2.06. The summed E-state index contributed by atoms with van der Waals surface area (Å²) in [6.45, 7) is 0.450. The SMILES string of the molecule is CNC(=O)c1ccc(CNc2cccc(Cl)c2F)cc1. The van der Waals surface area contributed by atoms with Crippen LogP contribution in [0, 0.1) is 5.82 Å². The maximum atomic E-state index is 13.7. The molecule has 0 heterocycles. The van der Waals surface area contributed by atoms with Gasteiger partial charge in [0.15, 0.2) is 5.82 Å². The van der Waals surface area contributed by atoms with Crippen LogP contribution in [0.5, 0.6) is 0 Å². The molecule has 0 spiro atoms. The average Bonchev–Trinajstić information content (AvgIpc) is 2.48. The van der Waals surface area contributed by atoms with Gasteiger partial charge in [-0.25, -0.2) is 4.39 Å². The molecule has 0 saturated carbocycles. The Morgan fingerprint density at radius 3 is 2.55 bits per heavy atom. The monoisotopic (exact) mass is 292 g/mol.